The minimum Gasteiger partial charge on any atom is -0.315 e. The monoisotopic (exact) mass is 345 g/mol. The van der Waals surface area contributed by atoms with Gasteiger partial charge in [-0.3, -0.25) is 0 Å². The van der Waals surface area contributed by atoms with Crippen molar-refractivity contribution in [2.24, 2.45) is 0 Å². The third-order valence-electron chi connectivity index (χ3n) is 2.91. The zero-order chi connectivity index (χ0) is 15.6. The van der Waals surface area contributed by atoms with Gasteiger partial charge in [0, 0.05) is 27.4 Å². The highest BCUT2D eigenvalue weighted by Gasteiger charge is 2.23. The van der Waals surface area contributed by atoms with Crippen LogP contribution in [-0.4, -0.2) is 20.4 Å². The Hall–Kier alpha value is -0.800. The van der Waals surface area contributed by atoms with E-state index in [-0.39, 0.29) is 6.04 Å². The molecule has 0 fully saturated rings. The van der Waals surface area contributed by atoms with Crippen LogP contribution in [0, 0.1) is 13.8 Å². The molecule has 0 spiro atoms. The first-order valence-electron chi connectivity index (χ1n) is 6.52. The maximum Gasteiger partial charge on any atom is 0.242 e. The molecule has 0 aliphatic heterocycles. The van der Waals surface area contributed by atoms with Crippen LogP contribution in [-0.2, 0) is 16.6 Å². The lowest BCUT2D eigenvalue weighted by Gasteiger charge is -2.11. The third-order valence-corrected chi connectivity index (χ3v) is 6.85. The maximum atomic E-state index is 12.5. The predicted molar refractivity (Wildman–Crippen MR) is 87.4 cm³/mol. The normalized spacial score (nSPS) is 13.5. The highest BCUT2D eigenvalue weighted by Crippen LogP contribution is 2.27. The second kappa shape index (κ2) is 6.53. The summed E-state index contributed by atoms with van der Waals surface area (Å²) >= 11 is 3.00. The van der Waals surface area contributed by atoms with Crippen LogP contribution in [0.4, 0.5) is 0 Å². The Kier molecular flexibility index (Phi) is 5.15. The molecule has 0 amide bonds. The van der Waals surface area contributed by atoms with Crippen molar-refractivity contribution in [1.82, 2.24) is 15.0 Å². The van der Waals surface area contributed by atoms with Gasteiger partial charge in [-0.25, -0.2) is 18.1 Å². The van der Waals surface area contributed by atoms with E-state index < -0.39 is 10.0 Å². The number of nitrogens with zero attached hydrogens (tertiary/aromatic N) is 1. The molecule has 0 aliphatic rings. The number of aryl methyl sites for hydroxylation is 2. The second-order valence-electron chi connectivity index (χ2n) is 4.82. The number of thiazole rings is 1. The summed E-state index contributed by atoms with van der Waals surface area (Å²) in [6.45, 7) is 6.26. The van der Waals surface area contributed by atoms with Crippen molar-refractivity contribution < 1.29 is 8.42 Å². The van der Waals surface area contributed by atoms with Crippen LogP contribution >= 0.6 is 22.7 Å². The zero-order valence-electron chi connectivity index (χ0n) is 12.4. The minimum atomic E-state index is -3.53. The summed E-state index contributed by atoms with van der Waals surface area (Å²) in [6, 6.07) is 1.40. The summed E-state index contributed by atoms with van der Waals surface area (Å²) in [5.74, 6) is 0. The van der Waals surface area contributed by atoms with Crippen molar-refractivity contribution in [2.75, 3.05) is 7.05 Å². The van der Waals surface area contributed by atoms with Crippen LogP contribution in [0.2, 0.25) is 0 Å². The molecule has 2 heterocycles. The molecule has 2 aromatic heterocycles. The van der Waals surface area contributed by atoms with Gasteiger partial charge in [0.15, 0.2) is 0 Å². The first kappa shape index (κ1) is 16.6. The van der Waals surface area contributed by atoms with Gasteiger partial charge in [-0.2, -0.15) is 0 Å². The lowest BCUT2D eigenvalue weighted by atomic mass is 10.4. The first-order valence-corrected chi connectivity index (χ1v) is 9.63. The van der Waals surface area contributed by atoms with Gasteiger partial charge in [0.2, 0.25) is 10.0 Å². The van der Waals surface area contributed by atoms with Crippen LogP contribution < -0.4 is 10.0 Å². The summed E-state index contributed by atoms with van der Waals surface area (Å²) in [6.07, 6.45) is 1.76. The van der Waals surface area contributed by atoms with Crippen LogP contribution in [0.1, 0.15) is 32.6 Å². The zero-order valence-corrected chi connectivity index (χ0v) is 14.9. The van der Waals surface area contributed by atoms with Crippen molar-refractivity contribution in [3.63, 3.8) is 0 Å². The fraction of sp³-hybridized carbons (Fsp3) is 0.462. The predicted octanol–water partition coefficient (Wildman–Crippen LogP) is 2.58. The molecule has 116 valence electrons. The first-order chi connectivity index (χ1) is 9.83. The largest absolute Gasteiger partial charge is 0.315 e. The van der Waals surface area contributed by atoms with Gasteiger partial charge >= 0.3 is 0 Å². The number of aromatic nitrogens is 1. The van der Waals surface area contributed by atoms with Gasteiger partial charge in [0.1, 0.15) is 5.01 Å². The molecule has 21 heavy (non-hydrogen) atoms. The van der Waals surface area contributed by atoms with Crippen molar-refractivity contribution in [3.8, 4) is 0 Å². The molecule has 1 unspecified atom stereocenters. The molecule has 2 rings (SSSR count). The molecular formula is C13H19N3O2S3. The van der Waals surface area contributed by atoms with Gasteiger partial charge in [-0.05, 0) is 33.9 Å². The van der Waals surface area contributed by atoms with E-state index in [2.05, 4.69) is 15.0 Å². The van der Waals surface area contributed by atoms with Crippen molar-refractivity contribution in [3.05, 3.63) is 31.9 Å². The van der Waals surface area contributed by atoms with E-state index in [0.29, 0.717) is 11.4 Å². The Morgan fingerprint density at radius 3 is 2.62 bits per heavy atom. The molecule has 0 bridgehead atoms. The Morgan fingerprint density at radius 1 is 1.33 bits per heavy atom. The SMILES string of the molecule is CNCc1cc(S(=O)(=O)NC(C)c2ncc(C)s2)c(C)s1. The maximum absolute atomic E-state index is 12.5. The minimum absolute atomic E-state index is 0.333. The fourth-order valence-electron chi connectivity index (χ4n) is 1.97. The molecule has 2 aromatic rings. The number of thiophene rings is 1. The number of sulfonamides is 1. The van der Waals surface area contributed by atoms with Gasteiger partial charge in [-0.15, -0.1) is 22.7 Å². The highest BCUT2D eigenvalue weighted by atomic mass is 32.2. The summed E-state index contributed by atoms with van der Waals surface area (Å²) in [5, 5.41) is 3.81. The van der Waals surface area contributed by atoms with Gasteiger partial charge in [0.05, 0.1) is 10.9 Å². The molecule has 1 atom stereocenters. The summed E-state index contributed by atoms with van der Waals surface area (Å²) < 4.78 is 27.7. The van der Waals surface area contributed by atoms with Crippen LogP contribution in [0.25, 0.3) is 0 Å². The molecule has 8 heteroatoms. The molecule has 0 saturated carbocycles. The topological polar surface area (TPSA) is 71.1 Å². The van der Waals surface area contributed by atoms with Crippen molar-refractivity contribution in [2.45, 2.75) is 38.3 Å². The van der Waals surface area contributed by atoms with Gasteiger partial charge in [0.25, 0.3) is 0 Å². The molecule has 5 nitrogen and oxygen atoms in total. The second-order valence-corrected chi connectivity index (χ2v) is 9.11. The number of hydrogen-bond donors (Lipinski definition) is 2. The van der Waals surface area contributed by atoms with Gasteiger partial charge < -0.3 is 5.32 Å². The fourth-order valence-corrected chi connectivity index (χ4v) is 5.68. The van der Waals surface area contributed by atoms with E-state index in [1.54, 1.807) is 12.3 Å². The number of rotatable bonds is 6. The Balaban J connectivity index is 2.22. The molecule has 0 aliphatic carbocycles. The van der Waals surface area contributed by atoms with E-state index in [1.165, 1.54) is 22.7 Å². The molecule has 0 saturated heterocycles. The average Bonchev–Trinajstić information content (AvgIpc) is 2.96. The summed E-state index contributed by atoms with van der Waals surface area (Å²) in [4.78, 5) is 7.47. The molecule has 0 radical (unpaired) electrons. The smallest absolute Gasteiger partial charge is 0.242 e. The quantitative estimate of drug-likeness (QED) is 0.844. The van der Waals surface area contributed by atoms with E-state index in [4.69, 9.17) is 0 Å². The van der Waals surface area contributed by atoms with E-state index >= 15 is 0 Å². The van der Waals surface area contributed by atoms with Crippen molar-refractivity contribution >= 4 is 32.7 Å². The Morgan fingerprint density at radius 2 is 2.05 bits per heavy atom. The summed E-state index contributed by atoms with van der Waals surface area (Å²) in [7, 11) is -1.69. The van der Waals surface area contributed by atoms with Crippen molar-refractivity contribution in [1.29, 1.82) is 0 Å². The lowest BCUT2D eigenvalue weighted by Crippen LogP contribution is -2.27. The number of nitrogens with one attached hydrogen (secondary N) is 2. The lowest BCUT2D eigenvalue weighted by molar-refractivity contribution is 0.566. The van der Waals surface area contributed by atoms with E-state index in [9.17, 15) is 8.42 Å². The molecular weight excluding hydrogens is 326 g/mol. The Labute approximate surface area is 133 Å². The van der Waals surface area contributed by atoms with Crippen LogP contribution in [0.5, 0.6) is 0 Å². The van der Waals surface area contributed by atoms with Crippen LogP contribution in [0.3, 0.4) is 0 Å². The third kappa shape index (κ3) is 3.89. The summed E-state index contributed by atoms with van der Waals surface area (Å²) in [5.41, 5.74) is 0. The van der Waals surface area contributed by atoms with Gasteiger partial charge in [-0.1, -0.05) is 0 Å². The average molecular weight is 346 g/mol. The van der Waals surface area contributed by atoms with E-state index in [1.807, 2.05) is 27.8 Å². The molecule has 2 N–H and O–H groups in total. The van der Waals surface area contributed by atoms with E-state index in [0.717, 1.165) is 19.6 Å². The Bertz CT molecular complexity index is 719. The standard InChI is InChI=1S/C13H19N3O2S3/c1-8-6-15-13(19-8)9(2)16-21(17,18)12-5-11(7-14-4)20-10(12)3/h5-6,9,14,16H,7H2,1-4H3. The van der Waals surface area contributed by atoms with Crippen LogP contribution in [0.15, 0.2) is 17.2 Å². The molecule has 0 aromatic carbocycles. The number of hydrogen-bond acceptors (Lipinski definition) is 6. The highest BCUT2D eigenvalue weighted by molar-refractivity contribution is 7.89.